The fourth-order valence-corrected chi connectivity index (χ4v) is 3.65. The van der Waals surface area contributed by atoms with Crippen molar-refractivity contribution in [2.24, 2.45) is 0 Å². The van der Waals surface area contributed by atoms with Crippen LogP contribution in [0.4, 0.5) is 4.79 Å². The van der Waals surface area contributed by atoms with Crippen LogP contribution in [-0.2, 0) is 32.7 Å². The van der Waals surface area contributed by atoms with Gasteiger partial charge in [-0.05, 0) is 55.4 Å². The van der Waals surface area contributed by atoms with E-state index < -0.39 is 55.3 Å². The van der Waals surface area contributed by atoms with Crippen LogP contribution in [0, 0.1) is 0 Å². The Morgan fingerprint density at radius 3 is 1.75 bits per heavy atom. The maximum Gasteiger partial charge on any atom is 0.408 e. The van der Waals surface area contributed by atoms with E-state index >= 15 is 0 Å². The summed E-state index contributed by atoms with van der Waals surface area (Å²) in [5.41, 5.74) is -1.61. The number of carbonyl (C=O) groups is 3. The second-order valence-electron chi connectivity index (χ2n) is 8.08. The van der Waals surface area contributed by atoms with E-state index in [0.29, 0.717) is 0 Å². The topological polar surface area (TPSA) is 117 Å². The van der Waals surface area contributed by atoms with Crippen molar-refractivity contribution in [3.8, 4) is 0 Å². The summed E-state index contributed by atoms with van der Waals surface area (Å²) in [6.07, 6.45) is -1.81. The fourth-order valence-electron chi connectivity index (χ4n) is 2.05. The zero-order chi connectivity index (χ0) is 22.2. The van der Waals surface area contributed by atoms with E-state index in [-0.39, 0.29) is 13.2 Å². The lowest BCUT2D eigenvalue weighted by molar-refractivity contribution is -0.158. The Kier molecular flexibility index (Phi) is 10.4. The summed E-state index contributed by atoms with van der Waals surface area (Å²) in [4.78, 5) is 36.9. The van der Waals surface area contributed by atoms with Crippen LogP contribution in [0.1, 0.15) is 61.8 Å². The highest BCUT2D eigenvalue weighted by Crippen LogP contribution is 2.48. The molecule has 9 nitrogen and oxygen atoms in total. The smallest absolute Gasteiger partial charge is 0.408 e. The minimum absolute atomic E-state index is 0.107. The summed E-state index contributed by atoms with van der Waals surface area (Å²) in [5, 5.41) is 2.35. The van der Waals surface area contributed by atoms with E-state index in [1.165, 1.54) is 0 Å². The SMILES string of the molecule is CCOP(=O)(CC(=O)C[C@H](NC(=O)OC(C)(C)C)C(=O)OC(C)(C)C)OCC. The first-order valence-corrected chi connectivity index (χ1v) is 11.0. The molecule has 0 saturated carbocycles. The van der Waals surface area contributed by atoms with E-state index in [4.69, 9.17) is 18.5 Å². The molecule has 0 spiro atoms. The maximum atomic E-state index is 12.5. The standard InChI is InChI=1S/C18H34NO8P/c1-9-24-28(23,25-10-2)12-13(20)11-14(15(21)26-17(3,4)5)19-16(22)27-18(6,7)8/h14H,9-12H2,1-8H3,(H,19,22)/t14-/m0/s1. The van der Waals surface area contributed by atoms with E-state index in [9.17, 15) is 18.9 Å². The molecule has 0 fully saturated rings. The summed E-state index contributed by atoms with van der Waals surface area (Å²) >= 11 is 0. The number of nitrogens with one attached hydrogen (secondary N) is 1. The predicted molar refractivity (Wildman–Crippen MR) is 104 cm³/mol. The molecule has 1 N–H and O–H groups in total. The summed E-state index contributed by atoms with van der Waals surface area (Å²) in [6.45, 7) is 13.5. The minimum atomic E-state index is -3.62. The van der Waals surface area contributed by atoms with Crippen LogP contribution in [0.15, 0.2) is 0 Å². The Hall–Kier alpha value is -1.44. The van der Waals surface area contributed by atoms with Crippen molar-refractivity contribution in [2.45, 2.75) is 79.1 Å². The first kappa shape index (κ1) is 26.6. The number of esters is 1. The van der Waals surface area contributed by atoms with Crippen molar-refractivity contribution < 1.29 is 37.5 Å². The van der Waals surface area contributed by atoms with Crippen LogP contribution in [0.5, 0.6) is 0 Å². The van der Waals surface area contributed by atoms with Gasteiger partial charge < -0.3 is 23.8 Å². The number of Topliss-reactive ketones (excluding diaryl/α,β-unsaturated/α-hetero) is 1. The van der Waals surface area contributed by atoms with Crippen LogP contribution < -0.4 is 5.32 Å². The van der Waals surface area contributed by atoms with Crippen LogP contribution in [0.3, 0.4) is 0 Å². The number of alkyl carbamates (subject to hydrolysis) is 1. The molecule has 0 aliphatic rings. The number of hydrogen-bond donors (Lipinski definition) is 1. The van der Waals surface area contributed by atoms with Gasteiger partial charge in [0, 0.05) is 6.42 Å². The summed E-state index contributed by atoms with van der Waals surface area (Å²) in [6, 6.07) is -1.29. The zero-order valence-corrected chi connectivity index (χ0v) is 19.0. The van der Waals surface area contributed by atoms with Gasteiger partial charge in [-0.2, -0.15) is 0 Å². The highest BCUT2D eigenvalue weighted by molar-refractivity contribution is 7.54. The number of ether oxygens (including phenoxy) is 2. The normalized spacial score (nSPS) is 13.6. The van der Waals surface area contributed by atoms with E-state index in [1.54, 1.807) is 55.4 Å². The average molecular weight is 423 g/mol. The first-order valence-electron chi connectivity index (χ1n) is 9.23. The summed E-state index contributed by atoms with van der Waals surface area (Å²) in [5.74, 6) is -1.37. The lowest BCUT2D eigenvalue weighted by Crippen LogP contribution is -2.47. The molecule has 10 heteroatoms. The molecule has 0 radical (unpaired) electrons. The van der Waals surface area contributed by atoms with Gasteiger partial charge >= 0.3 is 19.7 Å². The van der Waals surface area contributed by atoms with Gasteiger partial charge in [-0.15, -0.1) is 0 Å². The minimum Gasteiger partial charge on any atom is -0.458 e. The van der Waals surface area contributed by atoms with Crippen molar-refractivity contribution in [1.82, 2.24) is 5.32 Å². The lowest BCUT2D eigenvalue weighted by Gasteiger charge is -2.26. The number of rotatable bonds is 10. The Morgan fingerprint density at radius 1 is 0.893 bits per heavy atom. The van der Waals surface area contributed by atoms with Gasteiger partial charge in [0.25, 0.3) is 0 Å². The molecule has 28 heavy (non-hydrogen) atoms. The predicted octanol–water partition coefficient (Wildman–Crippen LogP) is 3.45. The lowest BCUT2D eigenvalue weighted by atomic mass is 10.1. The van der Waals surface area contributed by atoms with Crippen molar-refractivity contribution in [3.05, 3.63) is 0 Å². The largest absolute Gasteiger partial charge is 0.458 e. The molecule has 0 saturated heterocycles. The summed E-state index contributed by atoms with van der Waals surface area (Å²) < 4.78 is 33.1. The van der Waals surface area contributed by atoms with Crippen LogP contribution >= 0.6 is 7.60 Å². The fraction of sp³-hybridized carbons (Fsp3) is 0.833. The molecule has 0 aliphatic heterocycles. The number of carbonyl (C=O) groups excluding carboxylic acids is 3. The first-order chi connectivity index (χ1) is 12.6. The maximum absolute atomic E-state index is 12.5. The van der Waals surface area contributed by atoms with Crippen molar-refractivity contribution in [3.63, 3.8) is 0 Å². The van der Waals surface area contributed by atoms with Crippen molar-refractivity contribution in [2.75, 3.05) is 19.4 Å². The van der Waals surface area contributed by atoms with Crippen molar-refractivity contribution in [1.29, 1.82) is 0 Å². The molecule has 0 rings (SSSR count). The Balaban J connectivity index is 5.28. The molecule has 0 aromatic rings. The average Bonchev–Trinajstić information content (AvgIpc) is 2.42. The highest BCUT2D eigenvalue weighted by atomic mass is 31.2. The number of amides is 1. The molecule has 1 amide bonds. The molecule has 0 aliphatic carbocycles. The van der Waals surface area contributed by atoms with Gasteiger partial charge in [-0.25, -0.2) is 9.59 Å². The molecular formula is C18H34NO8P. The molecule has 0 aromatic carbocycles. The van der Waals surface area contributed by atoms with E-state index in [0.717, 1.165) is 0 Å². The highest BCUT2D eigenvalue weighted by Gasteiger charge is 2.34. The van der Waals surface area contributed by atoms with Crippen LogP contribution in [0.2, 0.25) is 0 Å². The Morgan fingerprint density at radius 2 is 1.36 bits per heavy atom. The molecule has 0 bridgehead atoms. The Labute approximate surface area is 167 Å². The molecule has 0 unspecified atom stereocenters. The van der Waals surface area contributed by atoms with Gasteiger partial charge in [0.1, 0.15) is 29.2 Å². The third-order valence-corrected chi connectivity index (χ3v) is 4.88. The van der Waals surface area contributed by atoms with E-state index in [2.05, 4.69) is 5.32 Å². The van der Waals surface area contributed by atoms with Gasteiger partial charge in [0.15, 0.2) is 0 Å². The molecule has 0 aromatic heterocycles. The van der Waals surface area contributed by atoms with Gasteiger partial charge in [0.05, 0.1) is 13.2 Å². The van der Waals surface area contributed by atoms with Gasteiger partial charge in [-0.3, -0.25) is 9.36 Å². The van der Waals surface area contributed by atoms with E-state index in [1.807, 2.05) is 0 Å². The molecule has 1 atom stereocenters. The van der Waals surface area contributed by atoms with Gasteiger partial charge in [0.2, 0.25) is 0 Å². The molecular weight excluding hydrogens is 389 g/mol. The number of hydrogen-bond acceptors (Lipinski definition) is 8. The number of ketones is 1. The summed E-state index contributed by atoms with van der Waals surface area (Å²) in [7, 11) is -3.62. The third-order valence-electron chi connectivity index (χ3n) is 2.84. The molecule has 164 valence electrons. The third kappa shape index (κ3) is 12.1. The molecule has 0 heterocycles. The van der Waals surface area contributed by atoms with Crippen LogP contribution in [-0.4, -0.2) is 54.5 Å². The zero-order valence-electron chi connectivity index (χ0n) is 18.1. The monoisotopic (exact) mass is 423 g/mol. The van der Waals surface area contributed by atoms with Crippen LogP contribution in [0.25, 0.3) is 0 Å². The van der Waals surface area contributed by atoms with Crippen molar-refractivity contribution >= 4 is 25.4 Å². The second-order valence-corrected chi connectivity index (χ2v) is 10.1. The quantitative estimate of drug-likeness (QED) is 0.419. The van der Waals surface area contributed by atoms with Gasteiger partial charge in [-0.1, -0.05) is 0 Å². The second kappa shape index (κ2) is 10.9. The Bertz CT molecular complexity index is 581.